The van der Waals surface area contributed by atoms with Crippen LogP contribution in [-0.4, -0.2) is 128 Å². The third-order valence-electron chi connectivity index (χ3n) is 11.8. The summed E-state index contributed by atoms with van der Waals surface area (Å²) in [7, 11) is 3.25. The second kappa shape index (κ2) is 46.2. The number of aliphatic imine (C=N–C) groups is 1. The van der Waals surface area contributed by atoms with Crippen LogP contribution in [-0.2, 0) is 87.0 Å². The highest BCUT2D eigenvalue weighted by Gasteiger charge is 2.14. The van der Waals surface area contributed by atoms with E-state index >= 15 is 0 Å². The number of carboxylic acid groups (broad SMARTS) is 4. The Morgan fingerprint density at radius 3 is 0.772 bits per heavy atom. The molecule has 0 fully saturated rings. The Kier molecular flexibility index (Phi) is 38.5. The molecule has 33 heteroatoms. The Labute approximate surface area is 576 Å². The van der Waals surface area contributed by atoms with E-state index in [-0.39, 0.29) is 23.0 Å². The van der Waals surface area contributed by atoms with Crippen molar-refractivity contribution in [2.45, 2.75) is 88.0 Å². The van der Waals surface area contributed by atoms with Crippen LogP contribution in [0, 0.1) is 0 Å². The van der Waals surface area contributed by atoms with E-state index in [0.29, 0.717) is 56.6 Å². The second-order valence-electron chi connectivity index (χ2n) is 19.6. The number of oxime groups is 4. The quantitative estimate of drug-likeness (QED) is 0.00761. The highest BCUT2D eigenvalue weighted by Crippen LogP contribution is 2.21. The Morgan fingerprint density at radius 2 is 0.574 bits per heavy atom. The number of phenolic OH excluding ortho intramolecular Hbond substituents is 1. The van der Waals surface area contributed by atoms with Gasteiger partial charge in [-0.1, -0.05) is 38.8 Å². The van der Waals surface area contributed by atoms with Gasteiger partial charge in [-0.3, -0.25) is 53.3 Å². The summed E-state index contributed by atoms with van der Waals surface area (Å²) in [5.74, 6) is -8.20. The molecule has 6 aromatic carbocycles. The fourth-order valence-electron chi connectivity index (χ4n) is 6.58. The van der Waals surface area contributed by atoms with Gasteiger partial charge < -0.3 is 54.5 Å². The zero-order valence-corrected chi connectivity index (χ0v) is 56.1. The second-order valence-corrected chi connectivity index (χ2v) is 19.6. The summed E-state index contributed by atoms with van der Waals surface area (Å²) in [6.07, 6.45) is -1.12. The van der Waals surface area contributed by atoms with Crippen molar-refractivity contribution in [2.24, 2.45) is 25.6 Å². The van der Waals surface area contributed by atoms with Crippen LogP contribution in [0.5, 0.6) is 34.5 Å². The van der Waals surface area contributed by atoms with Crippen molar-refractivity contribution in [1.82, 2.24) is 0 Å². The Balaban J connectivity index is 0.000000484. The molecule has 536 valence electrons. The van der Waals surface area contributed by atoms with E-state index in [1.165, 1.54) is 75.1 Å². The molecular weight excluding hydrogens is 1330 g/mol. The molecule has 0 heterocycles. The number of carbonyl (C=O) groups is 10. The van der Waals surface area contributed by atoms with Crippen LogP contribution in [0.1, 0.15) is 121 Å². The molecule has 6 aromatic rings. The summed E-state index contributed by atoms with van der Waals surface area (Å²) < 4.78 is 3.97. The minimum absolute atomic E-state index is 0.284. The number of rotatable bonds is 28. The smallest absolute Gasteiger partial charge is 0.346 e. The average Bonchev–Trinajstić information content (AvgIpc) is 0.953. The fraction of sp³-hybridized carbons (Fsp3) is 0.221. The first-order chi connectivity index (χ1) is 47.9. The van der Waals surface area contributed by atoms with E-state index in [4.69, 9.17) is 60.0 Å². The lowest BCUT2D eigenvalue weighted by atomic mass is 10.1. The number of aromatic hydroxyl groups is 1. The largest absolute Gasteiger partial charge is 0.508 e. The third-order valence-corrected chi connectivity index (χ3v) is 11.8. The van der Waals surface area contributed by atoms with E-state index in [2.05, 4.69) is 54.6 Å². The van der Waals surface area contributed by atoms with E-state index in [9.17, 15) is 47.9 Å². The number of allylic oxidation sites excluding steroid dienone is 2. The van der Waals surface area contributed by atoms with Crippen LogP contribution in [0.4, 0.5) is 0 Å². The number of ether oxygens (including phenoxy) is 1. The number of nitrogens with zero attached hydrogens (tertiary/aromatic N) is 5. The van der Waals surface area contributed by atoms with Crippen LogP contribution in [0.15, 0.2) is 177 Å². The average molecular weight is 1410 g/mol. The number of phenols is 1. The van der Waals surface area contributed by atoms with Crippen LogP contribution >= 0.6 is 0 Å². The number of benzene rings is 6. The molecule has 0 spiro atoms. The van der Waals surface area contributed by atoms with Gasteiger partial charge in [0.25, 0.3) is 0 Å². The maximum atomic E-state index is 11.2. The summed E-state index contributed by atoms with van der Waals surface area (Å²) in [5, 5.41) is 66.8. The van der Waals surface area contributed by atoms with Gasteiger partial charge in [-0.25, -0.2) is 19.2 Å². The molecule has 0 aliphatic rings. The zero-order chi connectivity index (χ0) is 75.4. The highest BCUT2D eigenvalue weighted by molar-refractivity contribution is 6.02. The van der Waals surface area contributed by atoms with E-state index in [0.717, 1.165) is 16.8 Å². The molecule has 0 saturated heterocycles. The lowest BCUT2D eigenvalue weighted by molar-refractivity contribution is -0.411. The number of aliphatic carboxylic acids is 4. The van der Waals surface area contributed by atoms with Crippen molar-refractivity contribution in [2.75, 3.05) is 14.2 Å². The molecule has 6 rings (SSSR count). The monoisotopic (exact) mass is 1410 g/mol. The predicted octanol–water partition coefficient (Wildman–Crippen LogP) is 9.93. The molecule has 0 amide bonds. The van der Waals surface area contributed by atoms with Crippen molar-refractivity contribution in [3.05, 3.63) is 185 Å². The maximum Gasteiger partial charge on any atom is 0.346 e. The number of hydrogen-bond donors (Lipinski definition) is 5. The number of carbonyl (C=O) groups excluding carboxylic acids is 6. The van der Waals surface area contributed by atoms with Crippen molar-refractivity contribution in [3.63, 3.8) is 0 Å². The SMILES string of the molecule is C/C(=N\OC(=O)CC(=O)O)c1ccc(OOOc2ccc(/C(C)=N/OC(=O)CC(=O)O)cc2)cc1.C/C(=N\OC(=O)CC(=O)O)c1ccc(OOOc2ccc(/C(C)=N/OC(=O)CC(=O)O)cc2)cc1.C/C=C(\C)c1ccc(O)cc1.CC(=O)OC(C)=O.CN=C(C)c1ccc(OOC)cc1. The number of carboxylic acids is 4. The normalized spacial score (nSPS) is 11.2. The minimum Gasteiger partial charge on any atom is -0.508 e. The molecule has 0 aliphatic carbocycles. The minimum atomic E-state index is -1.32. The van der Waals surface area contributed by atoms with E-state index < -0.39 is 85.4 Å². The van der Waals surface area contributed by atoms with Gasteiger partial charge >= 0.3 is 59.7 Å². The van der Waals surface area contributed by atoms with Crippen LogP contribution < -0.4 is 24.4 Å². The topological polar surface area (TPSA) is 454 Å². The number of hydrogen-bond acceptors (Lipinski definition) is 29. The van der Waals surface area contributed by atoms with Gasteiger partial charge in [-0.15, -0.1) is 0 Å². The fourth-order valence-corrected chi connectivity index (χ4v) is 6.58. The van der Waals surface area contributed by atoms with Gasteiger partial charge in [-0.2, -0.15) is 4.89 Å². The first-order valence-corrected chi connectivity index (χ1v) is 29.1. The van der Waals surface area contributed by atoms with Crippen molar-refractivity contribution in [1.29, 1.82) is 0 Å². The van der Waals surface area contributed by atoms with E-state index in [1.807, 2.05) is 63.2 Å². The van der Waals surface area contributed by atoms with Gasteiger partial charge in [0.15, 0.2) is 28.7 Å². The van der Waals surface area contributed by atoms with Crippen molar-refractivity contribution in [3.8, 4) is 34.5 Å². The molecule has 0 saturated carbocycles. The van der Waals surface area contributed by atoms with Crippen LogP contribution in [0.3, 0.4) is 0 Å². The molecule has 0 atom stereocenters. The summed E-state index contributed by atoms with van der Waals surface area (Å²) in [6, 6.07) is 39.8. The molecule has 0 radical (unpaired) electrons. The molecule has 0 unspecified atom stereocenters. The Morgan fingerprint density at radius 1 is 0.347 bits per heavy atom. The summed E-state index contributed by atoms with van der Waals surface area (Å²) in [4.78, 5) is 158. The van der Waals surface area contributed by atoms with Gasteiger partial charge in [0.1, 0.15) is 31.4 Å². The zero-order valence-electron chi connectivity index (χ0n) is 56.1. The van der Waals surface area contributed by atoms with Gasteiger partial charge in [0.05, 0.1) is 30.0 Å². The highest BCUT2D eigenvalue weighted by atomic mass is 17.5. The molecule has 5 N–H and O–H groups in total. The van der Waals surface area contributed by atoms with Crippen LogP contribution in [0.2, 0.25) is 0 Å². The number of esters is 2. The molecule has 0 bridgehead atoms. The van der Waals surface area contributed by atoms with Gasteiger partial charge in [0.2, 0.25) is 0 Å². The third kappa shape index (κ3) is 37.2. The van der Waals surface area contributed by atoms with E-state index in [1.54, 1.807) is 95.4 Å². The van der Waals surface area contributed by atoms with Crippen molar-refractivity contribution < 1.29 is 137 Å². The Hall–Kier alpha value is -13.0. The Bertz CT molecular complexity index is 3550. The van der Waals surface area contributed by atoms with Crippen molar-refractivity contribution >= 4 is 93.8 Å². The molecule has 0 aromatic heterocycles. The standard InChI is InChI=1S/2C22H20N2O11.C10H13NO2.C10H12O.C4H6O3/c2*1-13(23-31-21(29)11-19(25)26)15-3-7-17(8-4-15)33-35-34-18-9-5-16(6-10-18)14(2)24-32-22(30)12-20(27)28;1-8(11-2)9-4-6-10(7-5-9)13-12-3;1-3-8(2)9-4-6-10(11)7-5-9;1-3(5)7-4(2)6/h2*3-10H,11-12H2,1-2H3,(H,25,26)(H,27,28);4-7H,1-3H3;3-7,11H,1-2H3;1-2H3/b2*23-13+,24-14+;;8-3+;. The molecule has 33 nitrogen and oxygen atoms in total. The summed E-state index contributed by atoms with van der Waals surface area (Å²) >= 11 is 0. The summed E-state index contributed by atoms with van der Waals surface area (Å²) in [6.45, 7) is 14.7. The predicted molar refractivity (Wildman–Crippen MR) is 355 cm³/mol. The lowest BCUT2D eigenvalue weighted by Gasteiger charge is -2.06. The first-order valence-electron chi connectivity index (χ1n) is 29.1. The summed E-state index contributed by atoms with van der Waals surface area (Å²) in [5.41, 5.74) is 8.16. The molecule has 0 aliphatic heterocycles. The lowest BCUT2D eigenvalue weighted by Crippen LogP contribution is -2.09. The van der Waals surface area contributed by atoms with Crippen LogP contribution in [0.25, 0.3) is 5.57 Å². The maximum absolute atomic E-state index is 11.2. The van der Waals surface area contributed by atoms with Gasteiger partial charge in [0, 0.05) is 36.7 Å². The molecular formula is C68H71N5O28. The molecule has 101 heavy (non-hydrogen) atoms. The first kappa shape index (κ1) is 84.1. The van der Waals surface area contributed by atoms with Gasteiger partial charge in [-0.05, 0) is 221 Å².